The van der Waals surface area contributed by atoms with Crippen molar-refractivity contribution in [2.24, 2.45) is 4.99 Å². The highest BCUT2D eigenvalue weighted by Crippen LogP contribution is 2.32. The molecule has 6 heteroatoms. The number of carbonyl (C=O) groups is 1. The number of rotatable bonds is 5. The van der Waals surface area contributed by atoms with Gasteiger partial charge in [-0.15, -0.1) is 0 Å². The first-order chi connectivity index (χ1) is 12.7. The summed E-state index contributed by atoms with van der Waals surface area (Å²) in [6.45, 7) is 0.223. The number of benzene rings is 2. The number of hydrogen-bond acceptors (Lipinski definition) is 5. The molecule has 0 fully saturated rings. The summed E-state index contributed by atoms with van der Waals surface area (Å²) in [7, 11) is 1.38. The highest BCUT2D eigenvalue weighted by atomic mass is 16.7. The van der Waals surface area contributed by atoms with Gasteiger partial charge in [-0.2, -0.15) is 0 Å². The van der Waals surface area contributed by atoms with Gasteiger partial charge in [0.15, 0.2) is 17.5 Å². The molecule has 0 saturated heterocycles. The first-order valence-electron chi connectivity index (χ1n) is 8.30. The minimum absolute atomic E-state index is 0.223. The maximum absolute atomic E-state index is 12.2. The number of methoxy groups -OCH3 is 1. The van der Waals surface area contributed by atoms with E-state index in [4.69, 9.17) is 14.2 Å². The van der Waals surface area contributed by atoms with Crippen LogP contribution in [0.1, 0.15) is 11.1 Å². The first kappa shape index (κ1) is 16.2. The van der Waals surface area contributed by atoms with Crippen molar-refractivity contribution >= 4 is 23.1 Å². The zero-order chi connectivity index (χ0) is 17.9. The Morgan fingerprint density at radius 1 is 1.27 bits per heavy atom. The molecule has 0 amide bonds. The van der Waals surface area contributed by atoms with E-state index in [1.165, 1.54) is 7.11 Å². The summed E-state index contributed by atoms with van der Waals surface area (Å²) >= 11 is 0. The monoisotopic (exact) mass is 350 g/mol. The summed E-state index contributed by atoms with van der Waals surface area (Å²) in [4.78, 5) is 19.9. The number of nitrogens with zero attached hydrogens (tertiary/aromatic N) is 1. The Morgan fingerprint density at radius 3 is 3.00 bits per heavy atom. The molecular weight excluding hydrogens is 332 g/mol. The molecule has 1 atom stereocenters. The van der Waals surface area contributed by atoms with Crippen LogP contribution in [0.15, 0.2) is 53.7 Å². The number of carbonyl (C=O) groups excluding carboxylic acids is 1. The molecule has 132 valence electrons. The van der Waals surface area contributed by atoms with Crippen molar-refractivity contribution < 1.29 is 19.0 Å². The van der Waals surface area contributed by atoms with Crippen LogP contribution in [0.5, 0.6) is 11.5 Å². The molecule has 0 aliphatic carbocycles. The maximum atomic E-state index is 12.2. The van der Waals surface area contributed by atoms with Gasteiger partial charge in [0.2, 0.25) is 6.79 Å². The van der Waals surface area contributed by atoms with Gasteiger partial charge in [-0.25, -0.2) is 4.79 Å². The van der Waals surface area contributed by atoms with Gasteiger partial charge in [0, 0.05) is 29.7 Å². The molecule has 0 bridgehead atoms. The SMILES string of the molecule is COC(=O)[C@H](Cc1c[nH]c2ccccc12)/N=C/c1ccc2c(c1)OCO2. The molecule has 1 aliphatic heterocycles. The van der Waals surface area contributed by atoms with Gasteiger partial charge in [-0.3, -0.25) is 4.99 Å². The Hall–Kier alpha value is -3.28. The van der Waals surface area contributed by atoms with Gasteiger partial charge < -0.3 is 19.2 Å². The zero-order valence-electron chi connectivity index (χ0n) is 14.3. The van der Waals surface area contributed by atoms with Crippen LogP contribution < -0.4 is 9.47 Å². The van der Waals surface area contributed by atoms with Gasteiger partial charge in [-0.05, 0) is 35.4 Å². The first-order valence-corrected chi connectivity index (χ1v) is 8.30. The summed E-state index contributed by atoms with van der Waals surface area (Å²) in [5.74, 6) is 1.03. The molecule has 2 aromatic carbocycles. The van der Waals surface area contributed by atoms with Crippen LogP contribution in [0.25, 0.3) is 10.9 Å². The molecule has 3 aromatic rings. The molecule has 0 saturated carbocycles. The Labute approximate surface area is 150 Å². The highest BCUT2D eigenvalue weighted by molar-refractivity contribution is 5.87. The predicted octanol–water partition coefficient (Wildman–Crippen LogP) is 3.10. The average molecular weight is 350 g/mol. The summed E-state index contributed by atoms with van der Waals surface area (Å²) < 4.78 is 15.6. The third-order valence-corrected chi connectivity index (χ3v) is 4.36. The normalized spacial score (nSPS) is 14.0. The number of ether oxygens (including phenoxy) is 3. The van der Waals surface area contributed by atoms with Crippen molar-refractivity contribution in [3.63, 3.8) is 0 Å². The van der Waals surface area contributed by atoms with Crippen LogP contribution in [-0.4, -0.2) is 37.1 Å². The van der Waals surface area contributed by atoms with E-state index < -0.39 is 6.04 Å². The molecule has 2 heterocycles. The van der Waals surface area contributed by atoms with E-state index in [2.05, 4.69) is 9.98 Å². The summed E-state index contributed by atoms with van der Waals surface area (Å²) in [5.41, 5.74) is 2.90. The molecule has 6 nitrogen and oxygen atoms in total. The van der Waals surface area contributed by atoms with E-state index >= 15 is 0 Å². The van der Waals surface area contributed by atoms with E-state index in [9.17, 15) is 4.79 Å². The van der Waals surface area contributed by atoms with E-state index in [0.717, 1.165) is 22.0 Å². The van der Waals surface area contributed by atoms with Crippen LogP contribution >= 0.6 is 0 Å². The number of hydrogen-bond donors (Lipinski definition) is 1. The third-order valence-electron chi connectivity index (χ3n) is 4.36. The largest absolute Gasteiger partial charge is 0.467 e. The van der Waals surface area contributed by atoms with Gasteiger partial charge in [0.25, 0.3) is 0 Å². The fraction of sp³-hybridized carbons (Fsp3) is 0.200. The number of H-pyrrole nitrogens is 1. The number of para-hydroxylation sites is 1. The van der Waals surface area contributed by atoms with Crippen LogP contribution in [0.3, 0.4) is 0 Å². The van der Waals surface area contributed by atoms with Crippen molar-refractivity contribution in [2.75, 3.05) is 13.9 Å². The van der Waals surface area contributed by atoms with E-state index in [-0.39, 0.29) is 12.8 Å². The predicted molar refractivity (Wildman–Crippen MR) is 98.0 cm³/mol. The van der Waals surface area contributed by atoms with Crippen molar-refractivity contribution in [2.45, 2.75) is 12.5 Å². The second-order valence-corrected chi connectivity index (χ2v) is 5.99. The maximum Gasteiger partial charge on any atom is 0.330 e. The molecule has 4 rings (SSSR count). The standard InChI is InChI=1S/C20H18N2O4/c1-24-20(23)17(9-14-11-22-16-5-3-2-4-15(14)16)21-10-13-6-7-18-19(8-13)26-12-25-18/h2-8,10-11,17,22H,9,12H2,1H3/b21-10+/t17-/m0/s1. The number of nitrogens with one attached hydrogen (secondary N) is 1. The molecule has 1 aliphatic rings. The van der Waals surface area contributed by atoms with Crippen molar-refractivity contribution in [3.05, 3.63) is 59.8 Å². The van der Waals surface area contributed by atoms with Gasteiger partial charge >= 0.3 is 5.97 Å². The highest BCUT2D eigenvalue weighted by Gasteiger charge is 2.20. The van der Waals surface area contributed by atoms with Gasteiger partial charge in [0.05, 0.1) is 7.11 Å². The van der Waals surface area contributed by atoms with Gasteiger partial charge in [0.1, 0.15) is 0 Å². The Bertz CT molecular complexity index is 977. The summed E-state index contributed by atoms with van der Waals surface area (Å²) in [6.07, 6.45) is 4.03. The molecule has 0 radical (unpaired) electrons. The number of aromatic amines is 1. The Balaban J connectivity index is 1.58. The fourth-order valence-electron chi connectivity index (χ4n) is 3.01. The van der Waals surface area contributed by atoms with E-state index in [1.54, 1.807) is 6.21 Å². The van der Waals surface area contributed by atoms with Crippen LogP contribution in [-0.2, 0) is 16.0 Å². The van der Waals surface area contributed by atoms with Crippen LogP contribution in [0, 0.1) is 0 Å². The fourth-order valence-corrected chi connectivity index (χ4v) is 3.01. The zero-order valence-corrected chi connectivity index (χ0v) is 14.3. The lowest BCUT2D eigenvalue weighted by atomic mass is 10.1. The third kappa shape index (κ3) is 3.13. The summed E-state index contributed by atoms with van der Waals surface area (Å²) in [5, 5.41) is 1.08. The minimum atomic E-state index is -0.621. The van der Waals surface area contributed by atoms with Crippen LogP contribution in [0.4, 0.5) is 0 Å². The summed E-state index contributed by atoms with van der Waals surface area (Å²) in [6, 6.07) is 12.9. The molecule has 26 heavy (non-hydrogen) atoms. The molecular formula is C20H18N2O4. The Morgan fingerprint density at radius 2 is 2.12 bits per heavy atom. The smallest absolute Gasteiger partial charge is 0.330 e. The number of aromatic nitrogens is 1. The lowest BCUT2D eigenvalue weighted by Gasteiger charge is -2.09. The number of fused-ring (bicyclic) bond motifs is 2. The Kier molecular flexibility index (Phi) is 4.31. The number of esters is 1. The second kappa shape index (κ2) is 6.92. The van der Waals surface area contributed by atoms with Crippen LogP contribution in [0.2, 0.25) is 0 Å². The average Bonchev–Trinajstić information content (AvgIpc) is 3.31. The lowest BCUT2D eigenvalue weighted by molar-refractivity contribution is -0.142. The molecule has 0 unspecified atom stereocenters. The van der Waals surface area contributed by atoms with Crippen molar-refractivity contribution in [1.82, 2.24) is 4.98 Å². The van der Waals surface area contributed by atoms with E-state index in [0.29, 0.717) is 17.9 Å². The molecule has 0 spiro atoms. The second-order valence-electron chi connectivity index (χ2n) is 5.99. The lowest BCUT2D eigenvalue weighted by Crippen LogP contribution is -2.23. The molecule has 1 N–H and O–H groups in total. The van der Waals surface area contributed by atoms with Gasteiger partial charge in [-0.1, -0.05) is 18.2 Å². The topological polar surface area (TPSA) is 72.9 Å². The van der Waals surface area contributed by atoms with Crippen molar-refractivity contribution in [3.8, 4) is 11.5 Å². The number of aliphatic imine (C=N–C) groups is 1. The van der Waals surface area contributed by atoms with Crippen molar-refractivity contribution in [1.29, 1.82) is 0 Å². The minimum Gasteiger partial charge on any atom is -0.467 e. The quantitative estimate of drug-likeness (QED) is 0.567. The van der Waals surface area contributed by atoms with E-state index in [1.807, 2.05) is 48.7 Å². The molecule has 1 aromatic heterocycles.